The summed E-state index contributed by atoms with van der Waals surface area (Å²) in [5.74, 6) is 0. The van der Waals surface area contributed by atoms with Gasteiger partial charge >= 0.3 is 0 Å². The molecule has 0 spiro atoms. The van der Waals surface area contributed by atoms with Gasteiger partial charge in [-0.2, -0.15) is 0 Å². The molecule has 0 bridgehead atoms. The maximum absolute atomic E-state index is 5.71. The molecule has 1 fully saturated rings. The van der Waals surface area contributed by atoms with E-state index in [1.165, 1.54) is 51.4 Å². The molecule has 4 heteroatoms. The van der Waals surface area contributed by atoms with Gasteiger partial charge in [0.15, 0.2) is 6.29 Å². The molecular formula is C15H26Br2O2. The normalized spacial score (nSPS) is 19.4. The van der Waals surface area contributed by atoms with Gasteiger partial charge in [0, 0.05) is 13.2 Å². The summed E-state index contributed by atoms with van der Waals surface area (Å²) >= 11 is 6.74. The lowest BCUT2D eigenvalue weighted by molar-refractivity contribution is -0.162. The zero-order valence-corrected chi connectivity index (χ0v) is 14.9. The molecule has 112 valence electrons. The van der Waals surface area contributed by atoms with E-state index in [1.807, 2.05) is 0 Å². The number of allylic oxidation sites excluding steroid dienone is 1. The van der Waals surface area contributed by atoms with Crippen LogP contribution in [-0.4, -0.2) is 19.5 Å². The SMILES string of the molecule is BrC(Br)=CCCCCCCCCOC1CCCCO1. The lowest BCUT2D eigenvalue weighted by Gasteiger charge is -2.22. The fourth-order valence-corrected chi connectivity index (χ4v) is 2.68. The number of hydrogen-bond acceptors (Lipinski definition) is 2. The smallest absolute Gasteiger partial charge is 0.157 e. The minimum atomic E-state index is 0.0863. The molecule has 1 heterocycles. The van der Waals surface area contributed by atoms with E-state index in [0.717, 1.165) is 29.4 Å². The third-order valence-corrected chi connectivity index (χ3v) is 3.99. The zero-order chi connectivity index (χ0) is 13.8. The summed E-state index contributed by atoms with van der Waals surface area (Å²) in [6.07, 6.45) is 14.7. The first kappa shape index (κ1) is 17.7. The first-order valence-corrected chi connectivity index (χ1v) is 9.12. The molecule has 0 radical (unpaired) electrons. The lowest BCUT2D eigenvalue weighted by atomic mass is 10.1. The first-order valence-electron chi connectivity index (χ1n) is 7.53. The summed E-state index contributed by atoms with van der Waals surface area (Å²) in [6.45, 7) is 1.74. The maximum atomic E-state index is 5.71. The molecule has 1 aliphatic rings. The van der Waals surface area contributed by atoms with Crippen molar-refractivity contribution >= 4 is 31.9 Å². The van der Waals surface area contributed by atoms with Crippen LogP contribution < -0.4 is 0 Å². The average Bonchev–Trinajstić information content (AvgIpc) is 2.42. The molecule has 0 aromatic heterocycles. The van der Waals surface area contributed by atoms with Gasteiger partial charge in [0.1, 0.15) is 0 Å². The van der Waals surface area contributed by atoms with Gasteiger partial charge in [-0.1, -0.05) is 31.8 Å². The molecule has 0 saturated carbocycles. The molecule has 1 aliphatic heterocycles. The minimum absolute atomic E-state index is 0.0863. The molecule has 0 aromatic carbocycles. The predicted octanol–water partition coefficient (Wildman–Crippen LogP) is 5.89. The Morgan fingerprint density at radius 2 is 1.79 bits per heavy atom. The Bertz CT molecular complexity index is 234. The number of hydrogen-bond donors (Lipinski definition) is 0. The fraction of sp³-hybridized carbons (Fsp3) is 0.867. The van der Waals surface area contributed by atoms with Crippen LogP contribution in [0.5, 0.6) is 0 Å². The van der Waals surface area contributed by atoms with Crippen LogP contribution in [0.25, 0.3) is 0 Å². The Morgan fingerprint density at radius 3 is 2.47 bits per heavy atom. The second-order valence-electron chi connectivity index (χ2n) is 5.07. The van der Waals surface area contributed by atoms with E-state index in [9.17, 15) is 0 Å². The third-order valence-electron chi connectivity index (χ3n) is 3.34. The van der Waals surface area contributed by atoms with Crippen molar-refractivity contribution in [3.63, 3.8) is 0 Å². The Balaban J connectivity index is 1.77. The standard InChI is InChI=1S/C15H26Br2O2/c16-14(17)10-6-4-2-1-3-5-8-12-18-15-11-7-9-13-19-15/h10,15H,1-9,11-13H2. The van der Waals surface area contributed by atoms with Crippen LogP contribution in [0.15, 0.2) is 9.47 Å². The molecule has 1 saturated heterocycles. The molecule has 0 N–H and O–H groups in total. The van der Waals surface area contributed by atoms with Gasteiger partial charge in [-0.3, -0.25) is 0 Å². The lowest BCUT2D eigenvalue weighted by Crippen LogP contribution is -2.22. The Morgan fingerprint density at radius 1 is 1.05 bits per heavy atom. The molecule has 1 rings (SSSR count). The summed E-state index contributed by atoms with van der Waals surface area (Å²) in [5.41, 5.74) is 0. The van der Waals surface area contributed by atoms with E-state index in [1.54, 1.807) is 0 Å². The van der Waals surface area contributed by atoms with Crippen LogP contribution in [0.2, 0.25) is 0 Å². The van der Waals surface area contributed by atoms with Crippen LogP contribution in [0, 0.1) is 0 Å². The van der Waals surface area contributed by atoms with Crippen molar-refractivity contribution in [3.05, 3.63) is 9.47 Å². The van der Waals surface area contributed by atoms with E-state index < -0.39 is 0 Å². The highest BCUT2D eigenvalue weighted by Gasteiger charge is 2.13. The second-order valence-corrected chi connectivity index (χ2v) is 7.84. The van der Waals surface area contributed by atoms with Crippen LogP contribution in [0.4, 0.5) is 0 Å². The van der Waals surface area contributed by atoms with Crippen molar-refractivity contribution < 1.29 is 9.47 Å². The highest BCUT2D eigenvalue weighted by Crippen LogP contribution is 2.16. The largest absolute Gasteiger partial charge is 0.353 e. The quantitative estimate of drug-likeness (QED) is 0.427. The molecular weight excluding hydrogens is 372 g/mol. The monoisotopic (exact) mass is 396 g/mol. The Labute approximate surface area is 134 Å². The van der Waals surface area contributed by atoms with Crippen molar-refractivity contribution in [2.75, 3.05) is 13.2 Å². The van der Waals surface area contributed by atoms with E-state index in [4.69, 9.17) is 9.47 Å². The van der Waals surface area contributed by atoms with Crippen molar-refractivity contribution in [2.24, 2.45) is 0 Å². The minimum Gasteiger partial charge on any atom is -0.353 e. The van der Waals surface area contributed by atoms with Crippen molar-refractivity contribution in [1.29, 1.82) is 0 Å². The summed E-state index contributed by atoms with van der Waals surface area (Å²) in [4.78, 5) is 0. The van der Waals surface area contributed by atoms with Crippen LogP contribution in [0.1, 0.15) is 64.2 Å². The molecule has 0 aliphatic carbocycles. The molecule has 1 atom stereocenters. The fourth-order valence-electron chi connectivity index (χ4n) is 2.22. The molecule has 1 unspecified atom stereocenters. The van der Waals surface area contributed by atoms with Gasteiger partial charge in [0.05, 0.1) is 3.39 Å². The Hall–Kier alpha value is 0.620. The zero-order valence-electron chi connectivity index (χ0n) is 11.7. The van der Waals surface area contributed by atoms with Crippen LogP contribution in [-0.2, 0) is 9.47 Å². The summed E-state index contributed by atoms with van der Waals surface area (Å²) in [6, 6.07) is 0. The predicted molar refractivity (Wildman–Crippen MR) is 87.8 cm³/mol. The van der Waals surface area contributed by atoms with E-state index >= 15 is 0 Å². The van der Waals surface area contributed by atoms with Gasteiger partial charge in [0.25, 0.3) is 0 Å². The third kappa shape index (κ3) is 11.0. The maximum Gasteiger partial charge on any atom is 0.157 e. The number of unbranched alkanes of at least 4 members (excludes halogenated alkanes) is 6. The van der Waals surface area contributed by atoms with Gasteiger partial charge < -0.3 is 9.47 Å². The topological polar surface area (TPSA) is 18.5 Å². The van der Waals surface area contributed by atoms with Gasteiger partial charge in [-0.05, 0) is 70.4 Å². The summed E-state index contributed by atoms with van der Waals surface area (Å²) in [7, 11) is 0. The highest BCUT2D eigenvalue weighted by atomic mass is 79.9. The van der Waals surface area contributed by atoms with E-state index in [0.29, 0.717) is 0 Å². The average molecular weight is 398 g/mol. The summed E-state index contributed by atoms with van der Waals surface area (Å²) in [5, 5.41) is 0. The van der Waals surface area contributed by atoms with Crippen molar-refractivity contribution in [1.82, 2.24) is 0 Å². The van der Waals surface area contributed by atoms with Crippen LogP contribution in [0.3, 0.4) is 0 Å². The van der Waals surface area contributed by atoms with Crippen molar-refractivity contribution in [3.8, 4) is 0 Å². The number of ether oxygens (including phenoxy) is 2. The highest BCUT2D eigenvalue weighted by molar-refractivity contribution is 9.28. The molecule has 2 nitrogen and oxygen atoms in total. The molecule has 0 aromatic rings. The Kier molecular flexibility index (Phi) is 11.5. The molecule has 0 amide bonds. The van der Waals surface area contributed by atoms with E-state index in [-0.39, 0.29) is 6.29 Å². The summed E-state index contributed by atoms with van der Waals surface area (Å²) < 4.78 is 12.3. The van der Waals surface area contributed by atoms with Crippen LogP contribution >= 0.6 is 31.9 Å². The van der Waals surface area contributed by atoms with Crippen molar-refractivity contribution in [2.45, 2.75) is 70.5 Å². The van der Waals surface area contributed by atoms with Gasteiger partial charge in [0.2, 0.25) is 0 Å². The van der Waals surface area contributed by atoms with Gasteiger partial charge in [-0.25, -0.2) is 0 Å². The second kappa shape index (κ2) is 12.4. The first-order chi connectivity index (χ1) is 9.29. The number of halogens is 2. The number of rotatable bonds is 10. The van der Waals surface area contributed by atoms with E-state index in [2.05, 4.69) is 37.9 Å². The van der Waals surface area contributed by atoms with Gasteiger partial charge in [-0.15, -0.1) is 0 Å². The molecule has 19 heavy (non-hydrogen) atoms.